The number of tetrazole rings is 1. The summed E-state index contributed by atoms with van der Waals surface area (Å²) in [4.78, 5) is 17.4. The summed E-state index contributed by atoms with van der Waals surface area (Å²) in [5.41, 5.74) is 5.34. The second kappa shape index (κ2) is 9.44. The van der Waals surface area contributed by atoms with Gasteiger partial charge in [-0.15, -0.1) is 5.10 Å². The van der Waals surface area contributed by atoms with Crippen LogP contribution in [-0.4, -0.2) is 35.7 Å². The van der Waals surface area contributed by atoms with E-state index in [4.69, 9.17) is 0 Å². The molecule has 0 bridgehead atoms. The fourth-order valence-corrected chi connectivity index (χ4v) is 3.86. The summed E-state index contributed by atoms with van der Waals surface area (Å²) in [5.74, 6) is -0.125. The SMILES string of the molecule is O=C(NCc1ccc(Cn2cnc3ccccc32)cc1)C(Cc1ccccc1)n1cnnn1. The van der Waals surface area contributed by atoms with E-state index in [-0.39, 0.29) is 5.91 Å². The minimum atomic E-state index is -0.517. The quantitative estimate of drug-likeness (QED) is 0.403. The van der Waals surface area contributed by atoms with Gasteiger partial charge in [0, 0.05) is 19.5 Å². The highest BCUT2D eigenvalue weighted by Gasteiger charge is 2.22. The second-order valence-corrected chi connectivity index (χ2v) is 7.89. The van der Waals surface area contributed by atoms with Crippen LogP contribution in [0.5, 0.6) is 0 Å². The molecule has 5 aromatic rings. The van der Waals surface area contributed by atoms with Gasteiger partial charge in [-0.05, 0) is 39.2 Å². The molecule has 0 spiro atoms. The number of nitrogens with one attached hydrogen (secondary N) is 1. The Morgan fingerprint density at radius 3 is 2.39 bits per heavy atom. The van der Waals surface area contributed by atoms with Crippen molar-refractivity contribution in [1.29, 1.82) is 0 Å². The molecule has 164 valence electrons. The summed E-state index contributed by atoms with van der Waals surface area (Å²) in [6.45, 7) is 1.17. The van der Waals surface area contributed by atoms with Gasteiger partial charge in [0.1, 0.15) is 12.4 Å². The van der Waals surface area contributed by atoms with Gasteiger partial charge in [0.25, 0.3) is 0 Å². The van der Waals surface area contributed by atoms with Crippen molar-refractivity contribution in [1.82, 2.24) is 35.1 Å². The number of fused-ring (bicyclic) bond motifs is 1. The first-order valence-corrected chi connectivity index (χ1v) is 10.8. The lowest BCUT2D eigenvalue weighted by molar-refractivity contribution is -0.124. The van der Waals surface area contributed by atoms with E-state index < -0.39 is 6.04 Å². The summed E-state index contributed by atoms with van der Waals surface area (Å²) < 4.78 is 3.63. The van der Waals surface area contributed by atoms with Crippen molar-refractivity contribution < 1.29 is 4.79 Å². The summed E-state index contributed by atoms with van der Waals surface area (Å²) in [6, 6.07) is 25.7. The number of amides is 1. The van der Waals surface area contributed by atoms with E-state index in [1.165, 1.54) is 16.6 Å². The summed E-state index contributed by atoms with van der Waals surface area (Å²) in [5, 5.41) is 14.4. The van der Waals surface area contributed by atoms with Gasteiger partial charge in [0.2, 0.25) is 5.91 Å². The topological polar surface area (TPSA) is 90.5 Å². The number of carbonyl (C=O) groups is 1. The van der Waals surface area contributed by atoms with E-state index in [2.05, 4.69) is 48.6 Å². The van der Waals surface area contributed by atoms with Gasteiger partial charge < -0.3 is 9.88 Å². The number of carbonyl (C=O) groups excluding carboxylic acids is 1. The third-order valence-corrected chi connectivity index (χ3v) is 5.63. The Kier molecular flexibility index (Phi) is 5.88. The third-order valence-electron chi connectivity index (χ3n) is 5.63. The molecule has 8 heteroatoms. The van der Waals surface area contributed by atoms with Crippen LogP contribution in [0.15, 0.2) is 91.5 Å². The fourth-order valence-electron chi connectivity index (χ4n) is 3.86. The van der Waals surface area contributed by atoms with Crippen molar-refractivity contribution in [3.8, 4) is 0 Å². The van der Waals surface area contributed by atoms with Gasteiger partial charge in [-0.3, -0.25) is 4.79 Å². The Hall–Kier alpha value is -4.33. The van der Waals surface area contributed by atoms with Gasteiger partial charge in [-0.2, -0.15) is 0 Å². The smallest absolute Gasteiger partial charge is 0.245 e. The van der Waals surface area contributed by atoms with E-state index in [0.29, 0.717) is 13.0 Å². The van der Waals surface area contributed by atoms with Crippen LogP contribution < -0.4 is 5.32 Å². The summed E-state index contributed by atoms with van der Waals surface area (Å²) >= 11 is 0. The zero-order valence-electron chi connectivity index (χ0n) is 18.0. The molecule has 2 heterocycles. The number of aromatic nitrogens is 6. The molecular weight excluding hydrogens is 414 g/mol. The minimum Gasteiger partial charge on any atom is -0.350 e. The van der Waals surface area contributed by atoms with Crippen molar-refractivity contribution in [3.05, 3.63) is 108 Å². The van der Waals surface area contributed by atoms with Gasteiger partial charge >= 0.3 is 0 Å². The van der Waals surface area contributed by atoms with E-state index in [0.717, 1.165) is 28.7 Å². The highest BCUT2D eigenvalue weighted by molar-refractivity contribution is 5.80. The molecule has 0 radical (unpaired) electrons. The molecule has 0 aliphatic carbocycles. The fraction of sp³-hybridized carbons (Fsp3) is 0.160. The number of nitrogens with zero attached hydrogens (tertiary/aromatic N) is 6. The van der Waals surface area contributed by atoms with Crippen molar-refractivity contribution in [2.24, 2.45) is 0 Å². The van der Waals surface area contributed by atoms with Gasteiger partial charge in [-0.25, -0.2) is 9.67 Å². The van der Waals surface area contributed by atoms with Crippen LogP contribution in [0.3, 0.4) is 0 Å². The molecule has 1 amide bonds. The van der Waals surface area contributed by atoms with Crippen molar-refractivity contribution in [3.63, 3.8) is 0 Å². The van der Waals surface area contributed by atoms with Crippen LogP contribution in [0.2, 0.25) is 0 Å². The summed E-state index contributed by atoms with van der Waals surface area (Å²) in [7, 11) is 0. The van der Waals surface area contributed by atoms with Crippen LogP contribution >= 0.6 is 0 Å². The number of benzene rings is 3. The first-order valence-electron chi connectivity index (χ1n) is 10.8. The third kappa shape index (κ3) is 4.79. The van der Waals surface area contributed by atoms with Crippen molar-refractivity contribution in [2.45, 2.75) is 25.6 Å². The standard InChI is InChI=1S/C25H23N7O/c33-25(24(32-18-28-29-30-32)14-19-6-2-1-3-7-19)26-15-20-10-12-21(13-11-20)16-31-17-27-22-8-4-5-9-23(22)31/h1-13,17-18,24H,14-16H2,(H,26,33). The molecule has 0 aliphatic heterocycles. The maximum atomic E-state index is 13.0. The predicted octanol–water partition coefficient (Wildman–Crippen LogP) is 3.17. The lowest BCUT2D eigenvalue weighted by atomic mass is 10.1. The Bertz CT molecular complexity index is 1330. The lowest BCUT2D eigenvalue weighted by Crippen LogP contribution is -2.34. The average Bonchev–Trinajstić information content (AvgIpc) is 3.53. The normalized spacial score (nSPS) is 12.0. The van der Waals surface area contributed by atoms with Crippen molar-refractivity contribution >= 4 is 16.9 Å². The van der Waals surface area contributed by atoms with E-state index in [1.54, 1.807) is 0 Å². The van der Waals surface area contributed by atoms with E-state index in [9.17, 15) is 4.79 Å². The molecule has 5 rings (SSSR count). The first kappa shape index (κ1) is 20.6. The molecule has 3 aromatic carbocycles. The molecular formula is C25H23N7O. The maximum Gasteiger partial charge on any atom is 0.245 e. The van der Waals surface area contributed by atoms with Crippen LogP contribution in [0.1, 0.15) is 22.7 Å². The Morgan fingerprint density at radius 2 is 1.61 bits per heavy atom. The lowest BCUT2D eigenvalue weighted by Gasteiger charge is -2.16. The molecule has 1 unspecified atom stereocenters. The van der Waals surface area contributed by atoms with Crippen molar-refractivity contribution in [2.75, 3.05) is 0 Å². The highest BCUT2D eigenvalue weighted by atomic mass is 16.2. The molecule has 2 aromatic heterocycles. The Labute approximate surface area is 190 Å². The molecule has 1 N–H and O–H groups in total. The Morgan fingerprint density at radius 1 is 0.848 bits per heavy atom. The van der Waals surface area contributed by atoms with Gasteiger partial charge in [-0.1, -0.05) is 66.7 Å². The van der Waals surface area contributed by atoms with Crippen LogP contribution in [0.25, 0.3) is 11.0 Å². The minimum absolute atomic E-state index is 0.125. The monoisotopic (exact) mass is 437 g/mol. The Balaban J connectivity index is 1.23. The second-order valence-electron chi connectivity index (χ2n) is 7.89. The van der Waals surface area contributed by atoms with Gasteiger partial charge in [0.05, 0.1) is 17.4 Å². The van der Waals surface area contributed by atoms with Crippen LogP contribution in [-0.2, 0) is 24.3 Å². The number of hydrogen-bond acceptors (Lipinski definition) is 5. The van der Waals surface area contributed by atoms with Gasteiger partial charge in [0.15, 0.2) is 0 Å². The average molecular weight is 438 g/mol. The molecule has 1 atom stereocenters. The molecule has 33 heavy (non-hydrogen) atoms. The largest absolute Gasteiger partial charge is 0.350 e. The first-order chi connectivity index (χ1) is 16.3. The van der Waals surface area contributed by atoms with E-state index in [1.807, 2.05) is 67.0 Å². The molecule has 8 nitrogen and oxygen atoms in total. The number of imidazole rings is 1. The van der Waals surface area contributed by atoms with Crippen LogP contribution in [0.4, 0.5) is 0 Å². The number of hydrogen-bond donors (Lipinski definition) is 1. The highest BCUT2D eigenvalue weighted by Crippen LogP contribution is 2.16. The molecule has 0 aliphatic rings. The number of para-hydroxylation sites is 2. The zero-order valence-corrected chi connectivity index (χ0v) is 18.0. The molecule has 0 saturated heterocycles. The number of rotatable bonds is 8. The zero-order chi connectivity index (χ0) is 22.5. The van der Waals surface area contributed by atoms with Crippen LogP contribution in [0, 0.1) is 0 Å². The predicted molar refractivity (Wildman–Crippen MR) is 124 cm³/mol. The molecule has 0 saturated carbocycles. The van der Waals surface area contributed by atoms with E-state index >= 15 is 0 Å². The molecule has 0 fully saturated rings. The summed E-state index contributed by atoms with van der Waals surface area (Å²) in [6.07, 6.45) is 3.85. The maximum absolute atomic E-state index is 13.0.